The molecular weight excluding hydrogens is 316 g/mol. The molecule has 6 nitrogen and oxygen atoms in total. The standard InChI is InChI=1S/C16H18N2O4S/c1-10-4-7-14(23-10)16(20)17-9-15(19)18-12-6-5-11(21-2)8-13(12)22-3/h4-8H,9H2,1-3H3,(H,17,20)(H,18,19). The molecule has 2 N–H and O–H groups in total. The van der Waals surface area contributed by atoms with Crippen LogP contribution in [0.25, 0.3) is 0 Å². The zero-order valence-electron chi connectivity index (χ0n) is 13.1. The minimum Gasteiger partial charge on any atom is -0.497 e. The van der Waals surface area contributed by atoms with Gasteiger partial charge in [-0.3, -0.25) is 9.59 Å². The summed E-state index contributed by atoms with van der Waals surface area (Å²) in [5, 5.41) is 5.28. The molecule has 0 saturated heterocycles. The number of aryl methyl sites for hydroxylation is 1. The zero-order valence-corrected chi connectivity index (χ0v) is 14.0. The first-order chi connectivity index (χ1) is 11.0. The van der Waals surface area contributed by atoms with Crippen molar-refractivity contribution in [3.05, 3.63) is 40.1 Å². The maximum absolute atomic E-state index is 12.0. The quantitative estimate of drug-likeness (QED) is 0.851. The highest BCUT2D eigenvalue weighted by atomic mass is 32.1. The number of carbonyl (C=O) groups is 2. The van der Waals surface area contributed by atoms with Crippen LogP contribution in [0.3, 0.4) is 0 Å². The Bertz CT molecular complexity index is 712. The molecule has 1 heterocycles. The van der Waals surface area contributed by atoms with Crippen molar-refractivity contribution in [3.8, 4) is 11.5 Å². The fraction of sp³-hybridized carbons (Fsp3) is 0.250. The van der Waals surface area contributed by atoms with E-state index in [1.165, 1.54) is 18.4 Å². The van der Waals surface area contributed by atoms with E-state index in [1.54, 1.807) is 31.4 Å². The van der Waals surface area contributed by atoms with Gasteiger partial charge < -0.3 is 20.1 Å². The Labute approximate surface area is 138 Å². The summed E-state index contributed by atoms with van der Waals surface area (Å²) in [5.41, 5.74) is 0.513. The Kier molecular flexibility index (Phi) is 5.59. The van der Waals surface area contributed by atoms with E-state index in [1.807, 2.05) is 13.0 Å². The van der Waals surface area contributed by atoms with Crippen LogP contribution in [0.5, 0.6) is 11.5 Å². The molecule has 0 saturated carbocycles. The molecule has 7 heteroatoms. The van der Waals surface area contributed by atoms with E-state index < -0.39 is 0 Å². The SMILES string of the molecule is COc1ccc(NC(=O)CNC(=O)c2ccc(C)s2)c(OC)c1. The normalized spacial score (nSPS) is 10.0. The molecule has 0 fully saturated rings. The largest absolute Gasteiger partial charge is 0.497 e. The van der Waals surface area contributed by atoms with E-state index in [-0.39, 0.29) is 18.4 Å². The van der Waals surface area contributed by atoms with Gasteiger partial charge in [-0.25, -0.2) is 0 Å². The Morgan fingerprint density at radius 3 is 2.52 bits per heavy atom. The van der Waals surface area contributed by atoms with Gasteiger partial charge in [-0.2, -0.15) is 0 Å². The molecule has 0 radical (unpaired) electrons. The first-order valence-electron chi connectivity index (χ1n) is 6.90. The first kappa shape index (κ1) is 16.8. The van der Waals surface area contributed by atoms with Crippen LogP contribution < -0.4 is 20.1 Å². The highest BCUT2D eigenvalue weighted by Gasteiger charge is 2.12. The minimum atomic E-state index is -0.338. The number of hydrogen-bond acceptors (Lipinski definition) is 5. The highest BCUT2D eigenvalue weighted by Crippen LogP contribution is 2.28. The Morgan fingerprint density at radius 2 is 1.91 bits per heavy atom. The number of rotatable bonds is 6. The molecular formula is C16H18N2O4S. The van der Waals surface area contributed by atoms with Gasteiger partial charge in [0.15, 0.2) is 0 Å². The van der Waals surface area contributed by atoms with Crippen molar-refractivity contribution in [2.75, 3.05) is 26.1 Å². The Morgan fingerprint density at radius 1 is 1.13 bits per heavy atom. The first-order valence-corrected chi connectivity index (χ1v) is 7.71. The van der Waals surface area contributed by atoms with Crippen LogP contribution in [0.1, 0.15) is 14.5 Å². The molecule has 0 unspecified atom stereocenters. The lowest BCUT2D eigenvalue weighted by Gasteiger charge is -2.11. The highest BCUT2D eigenvalue weighted by molar-refractivity contribution is 7.13. The van der Waals surface area contributed by atoms with Crippen molar-refractivity contribution >= 4 is 28.8 Å². The molecule has 0 bridgehead atoms. The molecule has 0 aliphatic heterocycles. The van der Waals surface area contributed by atoms with Crippen LogP contribution in [-0.2, 0) is 4.79 Å². The van der Waals surface area contributed by atoms with Gasteiger partial charge in [0.2, 0.25) is 5.91 Å². The second-order valence-electron chi connectivity index (χ2n) is 4.71. The van der Waals surface area contributed by atoms with E-state index in [4.69, 9.17) is 9.47 Å². The van der Waals surface area contributed by atoms with Gasteiger partial charge in [0.1, 0.15) is 11.5 Å². The fourth-order valence-electron chi connectivity index (χ4n) is 1.90. The summed E-state index contributed by atoms with van der Waals surface area (Å²) < 4.78 is 10.3. The lowest BCUT2D eigenvalue weighted by atomic mass is 10.2. The molecule has 0 aliphatic carbocycles. The number of thiophene rings is 1. The number of ether oxygens (including phenoxy) is 2. The molecule has 1 aromatic heterocycles. The summed E-state index contributed by atoms with van der Waals surface area (Å²) in [5.74, 6) is 0.508. The van der Waals surface area contributed by atoms with Crippen LogP contribution in [0, 0.1) is 6.92 Å². The number of amides is 2. The third-order valence-corrected chi connectivity index (χ3v) is 4.06. The maximum atomic E-state index is 12.0. The maximum Gasteiger partial charge on any atom is 0.261 e. The van der Waals surface area contributed by atoms with Crippen LogP contribution >= 0.6 is 11.3 Å². The van der Waals surface area contributed by atoms with Crippen molar-refractivity contribution in [3.63, 3.8) is 0 Å². The van der Waals surface area contributed by atoms with Gasteiger partial charge in [0, 0.05) is 10.9 Å². The molecule has 122 valence electrons. The summed E-state index contributed by atoms with van der Waals surface area (Å²) in [7, 11) is 3.06. The van der Waals surface area contributed by atoms with Crippen molar-refractivity contribution in [1.82, 2.24) is 5.32 Å². The molecule has 0 atom stereocenters. The molecule has 1 aromatic carbocycles. The summed E-state index contributed by atoms with van der Waals surface area (Å²) in [6.07, 6.45) is 0. The fourth-order valence-corrected chi connectivity index (χ4v) is 2.68. The van der Waals surface area contributed by atoms with Gasteiger partial charge in [-0.15, -0.1) is 11.3 Å². The summed E-state index contributed by atoms with van der Waals surface area (Å²) in [6, 6.07) is 8.66. The molecule has 2 aromatic rings. The third kappa shape index (κ3) is 4.46. The van der Waals surface area contributed by atoms with Gasteiger partial charge >= 0.3 is 0 Å². The minimum absolute atomic E-state index is 0.120. The van der Waals surface area contributed by atoms with E-state index in [2.05, 4.69) is 10.6 Å². The predicted octanol–water partition coefficient (Wildman–Crippen LogP) is 2.44. The molecule has 0 aliphatic rings. The van der Waals surface area contributed by atoms with Crippen molar-refractivity contribution in [2.24, 2.45) is 0 Å². The van der Waals surface area contributed by atoms with Gasteiger partial charge in [0.25, 0.3) is 5.91 Å². The average molecular weight is 334 g/mol. The predicted molar refractivity (Wildman–Crippen MR) is 89.6 cm³/mol. The average Bonchev–Trinajstić information content (AvgIpc) is 2.99. The van der Waals surface area contributed by atoms with Gasteiger partial charge in [-0.05, 0) is 31.2 Å². The second-order valence-corrected chi connectivity index (χ2v) is 6.00. The number of hydrogen-bond donors (Lipinski definition) is 2. The lowest BCUT2D eigenvalue weighted by molar-refractivity contribution is -0.115. The van der Waals surface area contributed by atoms with Crippen molar-refractivity contribution in [2.45, 2.75) is 6.92 Å². The lowest BCUT2D eigenvalue weighted by Crippen LogP contribution is -2.32. The third-order valence-electron chi connectivity index (χ3n) is 3.06. The molecule has 23 heavy (non-hydrogen) atoms. The zero-order chi connectivity index (χ0) is 16.8. The molecule has 2 amide bonds. The topological polar surface area (TPSA) is 76.7 Å². The Hall–Kier alpha value is -2.54. The van der Waals surface area contributed by atoms with Crippen LogP contribution in [0.2, 0.25) is 0 Å². The molecule has 2 rings (SSSR count). The number of benzene rings is 1. The van der Waals surface area contributed by atoms with E-state index >= 15 is 0 Å². The smallest absolute Gasteiger partial charge is 0.261 e. The van der Waals surface area contributed by atoms with Gasteiger partial charge in [-0.1, -0.05) is 0 Å². The number of nitrogens with one attached hydrogen (secondary N) is 2. The summed E-state index contributed by atoms with van der Waals surface area (Å²) >= 11 is 1.38. The Balaban J connectivity index is 1.93. The van der Waals surface area contributed by atoms with Gasteiger partial charge in [0.05, 0.1) is 31.3 Å². The number of carbonyl (C=O) groups excluding carboxylic acids is 2. The summed E-state index contributed by atoms with van der Waals surface area (Å²) in [6.45, 7) is 1.80. The van der Waals surface area contributed by atoms with Crippen LogP contribution in [0.4, 0.5) is 5.69 Å². The van der Waals surface area contributed by atoms with Crippen molar-refractivity contribution < 1.29 is 19.1 Å². The second kappa shape index (κ2) is 7.64. The monoisotopic (exact) mass is 334 g/mol. The molecule has 0 spiro atoms. The van der Waals surface area contributed by atoms with Crippen LogP contribution in [-0.4, -0.2) is 32.6 Å². The van der Waals surface area contributed by atoms with Crippen LogP contribution in [0.15, 0.2) is 30.3 Å². The number of methoxy groups -OCH3 is 2. The van der Waals surface area contributed by atoms with E-state index in [0.29, 0.717) is 22.1 Å². The van der Waals surface area contributed by atoms with E-state index in [9.17, 15) is 9.59 Å². The summed E-state index contributed by atoms with van der Waals surface area (Å²) in [4.78, 5) is 25.5. The van der Waals surface area contributed by atoms with Crippen molar-refractivity contribution in [1.29, 1.82) is 0 Å². The van der Waals surface area contributed by atoms with E-state index in [0.717, 1.165) is 4.88 Å². The number of anilines is 1.